The van der Waals surface area contributed by atoms with Crippen LogP contribution in [0.5, 0.6) is 0 Å². The fourth-order valence-electron chi connectivity index (χ4n) is 2.30. The maximum absolute atomic E-state index is 5.40. The fourth-order valence-corrected chi connectivity index (χ4v) is 2.96. The van der Waals surface area contributed by atoms with Crippen LogP contribution in [0.1, 0.15) is 30.6 Å². The summed E-state index contributed by atoms with van der Waals surface area (Å²) in [5.41, 5.74) is 1.28. The molecular weight excluding hydrogens is 336 g/mol. The molecule has 0 saturated carbocycles. The Morgan fingerprint density at radius 2 is 2.28 bits per heavy atom. The largest absolute Gasteiger partial charge is 0.382 e. The molecule has 0 bridgehead atoms. The minimum absolute atomic E-state index is 0.499. The van der Waals surface area contributed by atoms with Gasteiger partial charge in [-0.05, 0) is 42.7 Å². The van der Waals surface area contributed by atoms with Crippen LogP contribution >= 0.6 is 11.3 Å². The van der Waals surface area contributed by atoms with Crippen molar-refractivity contribution in [1.82, 2.24) is 25.0 Å². The maximum atomic E-state index is 5.40. The first kappa shape index (κ1) is 19.4. The zero-order chi connectivity index (χ0) is 18.1. The first-order valence-electron chi connectivity index (χ1n) is 8.55. The number of ether oxygens (including phenoxy) is 1. The molecule has 0 fully saturated rings. The topological polar surface area (TPSA) is 67.6 Å². The average molecular weight is 365 g/mol. The Bertz CT molecular complexity index is 652. The average Bonchev–Trinajstić information content (AvgIpc) is 3.22. The van der Waals surface area contributed by atoms with Gasteiger partial charge in [0.15, 0.2) is 11.8 Å². The lowest BCUT2D eigenvalue weighted by Gasteiger charge is -2.22. The first-order valence-corrected chi connectivity index (χ1v) is 9.49. The molecule has 0 radical (unpaired) electrons. The molecule has 0 aliphatic carbocycles. The van der Waals surface area contributed by atoms with Gasteiger partial charge in [0.2, 0.25) is 0 Å². The molecular formula is C17H28N6OS. The van der Waals surface area contributed by atoms with Crippen LogP contribution in [0, 0.1) is 6.92 Å². The summed E-state index contributed by atoms with van der Waals surface area (Å²) in [5, 5.41) is 16.0. The predicted octanol–water partition coefficient (Wildman–Crippen LogP) is 2.19. The van der Waals surface area contributed by atoms with Gasteiger partial charge in [-0.3, -0.25) is 0 Å². The summed E-state index contributed by atoms with van der Waals surface area (Å²) in [6.07, 6.45) is 0.947. The van der Waals surface area contributed by atoms with E-state index >= 15 is 0 Å². The number of hydrogen-bond acceptors (Lipinski definition) is 5. The molecule has 0 aliphatic heterocycles. The van der Waals surface area contributed by atoms with E-state index in [2.05, 4.69) is 37.2 Å². The van der Waals surface area contributed by atoms with Crippen LogP contribution in [0.3, 0.4) is 0 Å². The number of aromatic nitrogens is 3. The highest BCUT2D eigenvalue weighted by Crippen LogP contribution is 2.09. The summed E-state index contributed by atoms with van der Waals surface area (Å²) in [6.45, 7) is 7.61. The Kier molecular flexibility index (Phi) is 7.87. The third-order valence-electron chi connectivity index (χ3n) is 3.87. The molecule has 7 nitrogen and oxygen atoms in total. The molecule has 2 heterocycles. The van der Waals surface area contributed by atoms with E-state index in [1.165, 1.54) is 5.56 Å². The maximum Gasteiger partial charge on any atom is 0.194 e. The SMILES string of the molecule is CCOCCCNC(=NCc1nnc(C)n1C)N(C)Cc1ccsc1. The number of nitrogens with zero attached hydrogens (tertiary/aromatic N) is 5. The first-order chi connectivity index (χ1) is 12.1. The molecule has 1 N–H and O–H groups in total. The van der Waals surface area contributed by atoms with Crippen molar-refractivity contribution in [2.75, 3.05) is 26.8 Å². The van der Waals surface area contributed by atoms with Crippen molar-refractivity contribution in [1.29, 1.82) is 0 Å². The molecule has 25 heavy (non-hydrogen) atoms. The smallest absolute Gasteiger partial charge is 0.194 e. The van der Waals surface area contributed by atoms with E-state index in [1.807, 2.05) is 32.5 Å². The van der Waals surface area contributed by atoms with Gasteiger partial charge in [-0.1, -0.05) is 0 Å². The van der Waals surface area contributed by atoms with E-state index in [9.17, 15) is 0 Å². The Labute approximate surface area is 153 Å². The van der Waals surface area contributed by atoms with E-state index in [-0.39, 0.29) is 0 Å². The van der Waals surface area contributed by atoms with Gasteiger partial charge in [-0.2, -0.15) is 11.3 Å². The Balaban J connectivity index is 1.99. The van der Waals surface area contributed by atoms with Crippen LogP contribution < -0.4 is 5.32 Å². The summed E-state index contributed by atoms with van der Waals surface area (Å²) >= 11 is 1.71. The molecule has 138 valence electrons. The lowest BCUT2D eigenvalue weighted by Crippen LogP contribution is -2.39. The highest BCUT2D eigenvalue weighted by Gasteiger charge is 2.09. The van der Waals surface area contributed by atoms with Crippen LogP contribution in [0.2, 0.25) is 0 Å². The Hall–Kier alpha value is -1.93. The van der Waals surface area contributed by atoms with E-state index in [4.69, 9.17) is 9.73 Å². The summed E-state index contributed by atoms with van der Waals surface area (Å²) < 4.78 is 7.36. The number of aliphatic imine (C=N–C) groups is 1. The third-order valence-corrected chi connectivity index (χ3v) is 4.60. The summed E-state index contributed by atoms with van der Waals surface area (Å²) in [7, 11) is 4.01. The molecule has 0 unspecified atom stereocenters. The number of hydrogen-bond donors (Lipinski definition) is 1. The van der Waals surface area contributed by atoms with Crippen LogP contribution in [-0.4, -0.2) is 52.4 Å². The van der Waals surface area contributed by atoms with E-state index in [0.717, 1.165) is 50.3 Å². The zero-order valence-electron chi connectivity index (χ0n) is 15.5. The van der Waals surface area contributed by atoms with Crippen molar-refractivity contribution in [3.05, 3.63) is 34.0 Å². The molecule has 0 spiro atoms. The molecule has 0 amide bonds. The van der Waals surface area contributed by atoms with Crippen molar-refractivity contribution < 1.29 is 4.74 Å². The number of nitrogens with one attached hydrogen (secondary N) is 1. The Morgan fingerprint density at radius 3 is 2.92 bits per heavy atom. The van der Waals surface area contributed by atoms with Gasteiger partial charge in [-0.15, -0.1) is 10.2 Å². The van der Waals surface area contributed by atoms with E-state index in [1.54, 1.807) is 11.3 Å². The van der Waals surface area contributed by atoms with Crippen LogP contribution in [0.15, 0.2) is 21.8 Å². The molecule has 0 aliphatic rings. The monoisotopic (exact) mass is 364 g/mol. The van der Waals surface area contributed by atoms with Crippen LogP contribution in [0.25, 0.3) is 0 Å². The standard InChI is InChI=1S/C17H28N6OS/c1-5-24-9-6-8-18-17(22(3)12-15-7-10-25-13-15)19-11-16-21-20-14(2)23(16)4/h7,10,13H,5-6,8-9,11-12H2,1-4H3,(H,18,19). The fraction of sp³-hybridized carbons (Fsp3) is 0.588. The minimum atomic E-state index is 0.499. The Morgan fingerprint density at radius 1 is 1.44 bits per heavy atom. The molecule has 0 aromatic carbocycles. The van der Waals surface area contributed by atoms with Gasteiger partial charge in [0.1, 0.15) is 12.4 Å². The second kappa shape index (κ2) is 10.1. The van der Waals surface area contributed by atoms with Gasteiger partial charge >= 0.3 is 0 Å². The highest BCUT2D eigenvalue weighted by molar-refractivity contribution is 7.07. The second-order valence-corrected chi connectivity index (χ2v) is 6.61. The van der Waals surface area contributed by atoms with Gasteiger partial charge < -0.3 is 19.5 Å². The second-order valence-electron chi connectivity index (χ2n) is 5.83. The van der Waals surface area contributed by atoms with Crippen LogP contribution in [-0.2, 0) is 24.9 Å². The highest BCUT2D eigenvalue weighted by atomic mass is 32.1. The van der Waals surface area contributed by atoms with Crippen molar-refractivity contribution in [3.8, 4) is 0 Å². The lowest BCUT2D eigenvalue weighted by atomic mass is 10.3. The zero-order valence-corrected chi connectivity index (χ0v) is 16.3. The summed E-state index contributed by atoms with van der Waals surface area (Å²) in [5.74, 6) is 2.61. The van der Waals surface area contributed by atoms with Crippen molar-refractivity contribution in [3.63, 3.8) is 0 Å². The summed E-state index contributed by atoms with van der Waals surface area (Å²) in [4.78, 5) is 6.87. The number of rotatable bonds is 9. The summed E-state index contributed by atoms with van der Waals surface area (Å²) in [6, 6.07) is 2.14. The molecule has 2 rings (SSSR count). The third kappa shape index (κ3) is 6.13. The molecule has 8 heteroatoms. The van der Waals surface area contributed by atoms with E-state index in [0.29, 0.717) is 6.54 Å². The molecule has 0 saturated heterocycles. The lowest BCUT2D eigenvalue weighted by molar-refractivity contribution is 0.145. The van der Waals surface area contributed by atoms with Crippen molar-refractivity contribution in [2.24, 2.45) is 12.0 Å². The van der Waals surface area contributed by atoms with Crippen molar-refractivity contribution >= 4 is 17.3 Å². The van der Waals surface area contributed by atoms with Gasteiger partial charge in [0.25, 0.3) is 0 Å². The molecule has 2 aromatic heterocycles. The quantitative estimate of drug-likeness (QED) is 0.420. The molecule has 2 aromatic rings. The van der Waals surface area contributed by atoms with E-state index < -0.39 is 0 Å². The minimum Gasteiger partial charge on any atom is -0.382 e. The van der Waals surface area contributed by atoms with Crippen molar-refractivity contribution in [2.45, 2.75) is 33.4 Å². The van der Waals surface area contributed by atoms with Gasteiger partial charge in [0.05, 0.1) is 0 Å². The van der Waals surface area contributed by atoms with Crippen LogP contribution in [0.4, 0.5) is 0 Å². The number of aryl methyl sites for hydroxylation is 1. The number of thiophene rings is 1. The number of guanidine groups is 1. The normalized spacial score (nSPS) is 11.8. The predicted molar refractivity (Wildman–Crippen MR) is 102 cm³/mol. The van der Waals surface area contributed by atoms with Gasteiger partial charge in [0, 0.05) is 40.4 Å². The van der Waals surface area contributed by atoms with Gasteiger partial charge in [-0.25, -0.2) is 4.99 Å². The molecule has 0 atom stereocenters.